The molecular weight excluding hydrogens is 274 g/mol. The average Bonchev–Trinajstić information content (AvgIpc) is 3.05. The highest BCUT2D eigenvalue weighted by Gasteiger charge is 2.17. The highest BCUT2D eigenvalue weighted by atomic mass is 32.1. The number of hydrogen-bond acceptors (Lipinski definition) is 5. The summed E-state index contributed by atoms with van der Waals surface area (Å²) in [5.74, 6) is -0.393. The van der Waals surface area contributed by atoms with Gasteiger partial charge in [-0.05, 0) is 13.0 Å². The van der Waals surface area contributed by atoms with E-state index in [0.29, 0.717) is 12.3 Å². The number of thiazole rings is 1. The van der Waals surface area contributed by atoms with E-state index >= 15 is 0 Å². The summed E-state index contributed by atoms with van der Waals surface area (Å²) in [6.07, 6.45) is 0. The molecule has 0 saturated heterocycles. The van der Waals surface area contributed by atoms with Gasteiger partial charge in [-0.3, -0.25) is 4.68 Å². The molecule has 0 bridgehead atoms. The van der Waals surface area contributed by atoms with Gasteiger partial charge in [0.25, 0.3) is 0 Å². The van der Waals surface area contributed by atoms with Gasteiger partial charge in [0.15, 0.2) is 5.69 Å². The minimum atomic E-state index is -0.393. The Kier molecular flexibility index (Phi) is 3.23. The van der Waals surface area contributed by atoms with E-state index < -0.39 is 5.97 Å². The molecule has 0 atom stereocenters. The molecule has 0 aliphatic heterocycles. The smallest absolute Gasteiger partial charge is 0.357 e. The maximum atomic E-state index is 11.7. The fraction of sp³-hybridized carbons (Fsp3) is 0.214. The number of nitrogens with zero attached hydrogens (tertiary/aromatic N) is 3. The van der Waals surface area contributed by atoms with Crippen molar-refractivity contribution in [3.05, 3.63) is 35.3 Å². The maximum absolute atomic E-state index is 11.7. The van der Waals surface area contributed by atoms with Gasteiger partial charge in [0.2, 0.25) is 0 Å². The number of carbonyl (C=O) groups is 1. The summed E-state index contributed by atoms with van der Waals surface area (Å²) >= 11 is 1.40. The Labute approximate surface area is 119 Å². The van der Waals surface area contributed by atoms with E-state index in [1.165, 1.54) is 11.3 Å². The Morgan fingerprint density at radius 1 is 1.40 bits per heavy atom. The maximum Gasteiger partial charge on any atom is 0.357 e. The van der Waals surface area contributed by atoms with Crippen LogP contribution in [-0.2, 0) is 11.8 Å². The van der Waals surface area contributed by atoms with E-state index in [1.807, 2.05) is 36.0 Å². The molecule has 0 spiro atoms. The average molecular weight is 287 g/mol. The van der Waals surface area contributed by atoms with Crippen LogP contribution in [0, 0.1) is 0 Å². The summed E-state index contributed by atoms with van der Waals surface area (Å²) in [4.78, 5) is 16.0. The molecule has 0 amide bonds. The Morgan fingerprint density at radius 2 is 2.20 bits per heavy atom. The van der Waals surface area contributed by atoms with Crippen LogP contribution in [0.4, 0.5) is 0 Å². The molecule has 2 aromatic heterocycles. The van der Waals surface area contributed by atoms with Crippen LogP contribution in [0.2, 0.25) is 0 Å². The summed E-state index contributed by atoms with van der Waals surface area (Å²) < 4.78 is 6.77. The van der Waals surface area contributed by atoms with Crippen molar-refractivity contribution in [2.75, 3.05) is 6.61 Å². The van der Waals surface area contributed by atoms with Crippen LogP contribution < -0.4 is 0 Å². The van der Waals surface area contributed by atoms with Crippen LogP contribution in [0.3, 0.4) is 0 Å². The van der Waals surface area contributed by atoms with Crippen LogP contribution in [0.25, 0.3) is 21.6 Å². The highest BCUT2D eigenvalue weighted by Crippen LogP contribution is 2.29. The van der Waals surface area contributed by atoms with Crippen molar-refractivity contribution in [2.24, 2.45) is 7.05 Å². The zero-order valence-corrected chi connectivity index (χ0v) is 12.0. The van der Waals surface area contributed by atoms with Gasteiger partial charge in [-0.15, -0.1) is 11.3 Å². The normalized spacial score (nSPS) is 10.9. The van der Waals surface area contributed by atoms with E-state index in [9.17, 15) is 4.79 Å². The first-order valence-electron chi connectivity index (χ1n) is 6.25. The zero-order chi connectivity index (χ0) is 14.1. The first-order valence-corrected chi connectivity index (χ1v) is 7.13. The Balaban J connectivity index is 2.06. The van der Waals surface area contributed by atoms with E-state index in [0.717, 1.165) is 21.6 Å². The lowest BCUT2D eigenvalue weighted by Crippen LogP contribution is -2.04. The zero-order valence-electron chi connectivity index (χ0n) is 11.2. The third-order valence-electron chi connectivity index (χ3n) is 2.95. The minimum absolute atomic E-state index is 0.335. The standard InChI is InChI=1S/C14H13N3O2S/c1-3-19-14(18)10-8-20-13(15-10)12-9-6-4-5-7-11(9)17(2)16-12/h4-8H,3H2,1-2H3. The minimum Gasteiger partial charge on any atom is -0.461 e. The predicted molar refractivity (Wildman–Crippen MR) is 77.8 cm³/mol. The number of benzene rings is 1. The summed E-state index contributed by atoms with van der Waals surface area (Å²) in [6.45, 7) is 2.12. The summed E-state index contributed by atoms with van der Waals surface area (Å²) in [6, 6.07) is 7.95. The Bertz CT molecular complexity index is 776. The summed E-state index contributed by atoms with van der Waals surface area (Å²) in [5, 5.41) is 7.95. The molecule has 0 saturated carbocycles. The number of aromatic nitrogens is 3. The number of hydrogen-bond donors (Lipinski definition) is 0. The van der Waals surface area contributed by atoms with Crippen LogP contribution in [-0.4, -0.2) is 27.3 Å². The van der Waals surface area contributed by atoms with Gasteiger partial charge in [-0.2, -0.15) is 5.10 Å². The van der Waals surface area contributed by atoms with Crippen molar-refractivity contribution in [2.45, 2.75) is 6.92 Å². The number of aryl methyl sites for hydroxylation is 1. The molecule has 0 unspecified atom stereocenters. The second-order valence-corrected chi connectivity index (χ2v) is 5.11. The lowest BCUT2D eigenvalue weighted by atomic mass is 10.2. The Morgan fingerprint density at radius 3 is 3.00 bits per heavy atom. The van der Waals surface area contributed by atoms with Gasteiger partial charge in [0.1, 0.15) is 10.7 Å². The third-order valence-corrected chi connectivity index (χ3v) is 3.80. The quantitative estimate of drug-likeness (QED) is 0.695. The number of esters is 1. The van der Waals surface area contributed by atoms with Crippen molar-refractivity contribution in [1.82, 2.24) is 14.8 Å². The van der Waals surface area contributed by atoms with Crippen LogP contribution in [0.15, 0.2) is 29.6 Å². The third kappa shape index (κ3) is 2.08. The van der Waals surface area contributed by atoms with Crippen molar-refractivity contribution in [1.29, 1.82) is 0 Å². The van der Waals surface area contributed by atoms with Gasteiger partial charge in [-0.25, -0.2) is 9.78 Å². The van der Waals surface area contributed by atoms with Crippen molar-refractivity contribution in [3.63, 3.8) is 0 Å². The molecule has 2 heterocycles. The Hall–Kier alpha value is -2.21. The monoisotopic (exact) mass is 287 g/mol. The summed E-state index contributed by atoms with van der Waals surface area (Å²) in [7, 11) is 1.89. The van der Waals surface area contributed by atoms with E-state index in [4.69, 9.17) is 4.74 Å². The SMILES string of the molecule is CCOC(=O)c1csc(-c2nn(C)c3ccccc23)n1. The number of carbonyl (C=O) groups excluding carboxylic acids is 1. The molecule has 0 radical (unpaired) electrons. The first-order chi connectivity index (χ1) is 9.70. The van der Waals surface area contributed by atoms with Gasteiger partial charge < -0.3 is 4.74 Å². The highest BCUT2D eigenvalue weighted by molar-refractivity contribution is 7.13. The largest absolute Gasteiger partial charge is 0.461 e. The van der Waals surface area contributed by atoms with Gasteiger partial charge >= 0.3 is 5.97 Å². The molecule has 0 fully saturated rings. The van der Waals surface area contributed by atoms with Gasteiger partial charge in [0, 0.05) is 17.8 Å². The lowest BCUT2D eigenvalue weighted by molar-refractivity contribution is 0.0520. The fourth-order valence-corrected chi connectivity index (χ4v) is 2.84. The van der Waals surface area contributed by atoms with E-state index in [1.54, 1.807) is 12.3 Å². The second-order valence-electron chi connectivity index (χ2n) is 4.25. The fourth-order valence-electron chi connectivity index (χ4n) is 2.05. The van der Waals surface area contributed by atoms with E-state index in [2.05, 4.69) is 10.1 Å². The topological polar surface area (TPSA) is 57.0 Å². The summed E-state index contributed by atoms with van der Waals surface area (Å²) in [5.41, 5.74) is 2.17. The molecule has 5 nitrogen and oxygen atoms in total. The molecule has 102 valence electrons. The number of ether oxygens (including phenoxy) is 1. The van der Waals surface area contributed by atoms with Gasteiger partial charge in [0.05, 0.1) is 12.1 Å². The van der Waals surface area contributed by atoms with Crippen LogP contribution in [0.5, 0.6) is 0 Å². The molecule has 0 aliphatic rings. The van der Waals surface area contributed by atoms with Gasteiger partial charge in [-0.1, -0.05) is 18.2 Å². The molecule has 20 heavy (non-hydrogen) atoms. The van der Waals surface area contributed by atoms with Crippen molar-refractivity contribution >= 4 is 28.2 Å². The number of rotatable bonds is 3. The molecule has 0 N–H and O–H groups in total. The first kappa shape index (κ1) is 12.8. The molecule has 0 aliphatic carbocycles. The van der Waals surface area contributed by atoms with Crippen LogP contribution >= 0.6 is 11.3 Å². The molecule has 3 aromatic rings. The van der Waals surface area contributed by atoms with Crippen LogP contribution in [0.1, 0.15) is 17.4 Å². The molecule has 3 rings (SSSR count). The van der Waals surface area contributed by atoms with E-state index in [-0.39, 0.29) is 0 Å². The second kappa shape index (κ2) is 5.05. The van der Waals surface area contributed by atoms with Crippen molar-refractivity contribution in [3.8, 4) is 10.7 Å². The molecular formula is C14H13N3O2S. The predicted octanol–water partition coefficient (Wildman–Crippen LogP) is 2.87. The number of para-hydroxylation sites is 1. The molecule has 1 aromatic carbocycles. The molecule has 6 heteroatoms. The van der Waals surface area contributed by atoms with Crippen molar-refractivity contribution < 1.29 is 9.53 Å². The number of fused-ring (bicyclic) bond motifs is 1. The lowest BCUT2D eigenvalue weighted by Gasteiger charge is -1.96.